The molecule has 0 aromatic carbocycles. The summed E-state index contributed by atoms with van der Waals surface area (Å²) >= 11 is 0. The lowest BCUT2D eigenvalue weighted by Crippen LogP contribution is -2.48. The van der Waals surface area contributed by atoms with Crippen LogP contribution in [0.3, 0.4) is 0 Å². The molecular formula is C5H17NOSi3. The second-order valence-corrected chi connectivity index (χ2v) is 18.7. The summed E-state index contributed by atoms with van der Waals surface area (Å²) in [6.07, 6.45) is 1.22. The molecule has 0 aromatic rings. The van der Waals surface area contributed by atoms with Gasteiger partial charge in [-0.2, -0.15) is 0 Å². The standard InChI is InChI=1S/C5H17NOSi3/c1-2-5(6)10-4-3-7-8-9-10/h5,10H,2-4,6,8-9H2,1H3. The molecule has 1 aliphatic heterocycles. The van der Waals surface area contributed by atoms with Crippen molar-refractivity contribution < 1.29 is 4.43 Å². The molecule has 10 heavy (non-hydrogen) atoms. The molecule has 0 spiro atoms. The maximum absolute atomic E-state index is 6.01. The van der Waals surface area contributed by atoms with E-state index < -0.39 is 0 Å². The van der Waals surface area contributed by atoms with Gasteiger partial charge in [-0.3, -0.25) is 0 Å². The topological polar surface area (TPSA) is 35.2 Å². The summed E-state index contributed by atoms with van der Waals surface area (Å²) in [7, 11) is -0.0428. The zero-order valence-electron chi connectivity index (χ0n) is 6.68. The van der Waals surface area contributed by atoms with Crippen LogP contribution in [-0.2, 0) is 4.43 Å². The van der Waals surface area contributed by atoms with E-state index >= 15 is 0 Å². The lowest BCUT2D eigenvalue weighted by Gasteiger charge is -2.24. The maximum atomic E-state index is 6.01. The van der Waals surface area contributed by atoms with E-state index in [-0.39, 0.29) is 17.6 Å². The fourth-order valence-corrected chi connectivity index (χ4v) is 21.3. The number of rotatable bonds is 2. The van der Waals surface area contributed by atoms with Crippen LogP contribution in [0.1, 0.15) is 13.3 Å². The van der Waals surface area contributed by atoms with Crippen LogP contribution in [0.15, 0.2) is 0 Å². The molecule has 1 saturated heterocycles. The monoisotopic (exact) mass is 191 g/mol. The average Bonchev–Trinajstić information content (AvgIpc) is 2.05. The molecule has 2 N–H and O–H groups in total. The zero-order valence-corrected chi connectivity index (χ0v) is 10.7. The first-order valence-corrected chi connectivity index (χ1v) is 13.5. The summed E-state index contributed by atoms with van der Waals surface area (Å²) in [4.78, 5) is 0. The van der Waals surface area contributed by atoms with E-state index in [0.717, 1.165) is 6.61 Å². The van der Waals surface area contributed by atoms with Gasteiger partial charge in [0.25, 0.3) is 0 Å². The molecule has 60 valence electrons. The van der Waals surface area contributed by atoms with Gasteiger partial charge >= 0.3 is 0 Å². The summed E-state index contributed by atoms with van der Waals surface area (Å²) in [6, 6.07) is 1.40. The Morgan fingerprint density at radius 3 is 3.10 bits per heavy atom. The van der Waals surface area contributed by atoms with Gasteiger partial charge in [0.2, 0.25) is 0 Å². The molecule has 0 aliphatic carbocycles. The van der Waals surface area contributed by atoms with Crippen molar-refractivity contribution in [2.24, 2.45) is 5.73 Å². The van der Waals surface area contributed by atoms with E-state index in [2.05, 4.69) is 6.92 Å². The predicted octanol–water partition coefficient (Wildman–Crippen LogP) is -1.82. The highest BCUT2D eigenvalue weighted by molar-refractivity contribution is 7.35. The fourth-order valence-electron chi connectivity index (χ4n) is 1.48. The molecule has 0 saturated carbocycles. The summed E-state index contributed by atoms with van der Waals surface area (Å²) in [5.41, 5.74) is 6.65. The second-order valence-electron chi connectivity index (χ2n) is 3.02. The van der Waals surface area contributed by atoms with Gasteiger partial charge in [-0.25, -0.2) is 0 Å². The molecule has 1 aliphatic rings. The highest BCUT2D eigenvalue weighted by Gasteiger charge is 2.21. The minimum absolute atomic E-state index is 0.0296. The summed E-state index contributed by atoms with van der Waals surface area (Å²) in [5.74, 6) is 0. The molecule has 2 nitrogen and oxygen atoms in total. The van der Waals surface area contributed by atoms with Crippen LogP contribution >= 0.6 is 0 Å². The van der Waals surface area contributed by atoms with Gasteiger partial charge in [0.05, 0.1) is 0 Å². The van der Waals surface area contributed by atoms with E-state index in [9.17, 15) is 0 Å². The number of nitrogens with two attached hydrogens (primary N) is 1. The van der Waals surface area contributed by atoms with Gasteiger partial charge in [-0.05, 0) is 18.1 Å². The Morgan fingerprint density at radius 2 is 2.60 bits per heavy atom. The largest absolute Gasteiger partial charge is 0.428 e. The van der Waals surface area contributed by atoms with Crippen molar-refractivity contribution in [2.45, 2.75) is 25.1 Å². The van der Waals surface area contributed by atoms with Crippen LogP contribution in [0.4, 0.5) is 0 Å². The van der Waals surface area contributed by atoms with Gasteiger partial charge in [0.15, 0.2) is 0 Å². The molecule has 0 bridgehead atoms. The van der Waals surface area contributed by atoms with Gasteiger partial charge in [-0.1, -0.05) is 6.92 Å². The van der Waals surface area contributed by atoms with Crippen molar-refractivity contribution in [3.63, 3.8) is 0 Å². The van der Waals surface area contributed by atoms with Gasteiger partial charge in [0, 0.05) is 23.5 Å². The Morgan fingerprint density at radius 1 is 1.80 bits per heavy atom. The molecule has 2 atom stereocenters. The third kappa shape index (κ3) is 2.31. The third-order valence-corrected chi connectivity index (χ3v) is 22.2. The van der Waals surface area contributed by atoms with Crippen LogP contribution in [-0.4, -0.2) is 38.4 Å². The van der Waals surface area contributed by atoms with Crippen LogP contribution < -0.4 is 5.73 Å². The molecular weight excluding hydrogens is 174 g/mol. The molecule has 0 radical (unpaired) electrons. The minimum atomic E-state index is -0.367. The highest BCUT2D eigenvalue weighted by Crippen LogP contribution is 2.03. The first-order chi connectivity index (χ1) is 4.84. The lowest BCUT2D eigenvalue weighted by molar-refractivity contribution is 0.366. The quantitative estimate of drug-likeness (QED) is 0.522. The number of hydrogen-bond acceptors (Lipinski definition) is 2. The predicted molar refractivity (Wildman–Crippen MR) is 53.3 cm³/mol. The second kappa shape index (κ2) is 4.45. The summed E-state index contributed by atoms with van der Waals surface area (Å²) < 4.78 is 5.47. The molecule has 5 heteroatoms. The van der Waals surface area contributed by atoms with E-state index in [1.165, 1.54) is 12.5 Å². The Bertz CT molecular complexity index is 96.9. The fraction of sp³-hybridized carbons (Fsp3) is 1.00. The van der Waals surface area contributed by atoms with Crippen molar-refractivity contribution >= 4 is 26.1 Å². The Labute approximate surface area is 68.5 Å². The van der Waals surface area contributed by atoms with E-state index in [1.54, 1.807) is 0 Å². The van der Waals surface area contributed by atoms with E-state index in [4.69, 9.17) is 10.2 Å². The van der Waals surface area contributed by atoms with Crippen LogP contribution in [0, 0.1) is 0 Å². The smallest absolute Gasteiger partial charge is 0.140 e. The van der Waals surface area contributed by atoms with Crippen molar-refractivity contribution in [3.8, 4) is 0 Å². The number of hydrogen-bond donors (Lipinski definition) is 1. The molecule has 1 rings (SSSR count). The van der Waals surface area contributed by atoms with Crippen LogP contribution in [0.2, 0.25) is 6.04 Å². The first kappa shape index (κ1) is 8.67. The Hall–Kier alpha value is 0.571. The minimum Gasteiger partial charge on any atom is -0.428 e. The summed E-state index contributed by atoms with van der Waals surface area (Å²) in [6.45, 7) is 3.30. The van der Waals surface area contributed by atoms with E-state index in [1.807, 2.05) is 0 Å². The molecule has 0 aromatic heterocycles. The van der Waals surface area contributed by atoms with Crippen molar-refractivity contribution in [2.75, 3.05) is 6.61 Å². The zero-order chi connectivity index (χ0) is 7.40. The maximum Gasteiger partial charge on any atom is 0.140 e. The third-order valence-electron chi connectivity index (χ3n) is 2.34. The first-order valence-electron chi connectivity index (χ1n) is 4.18. The van der Waals surface area contributed by atoms with Gasteiger partial charge < -0.3 is 10.2 Å². The lowest BCUT2D eigenvalue weighted by atomic mass is 10.5. The molecule has 2 unspecified atom stereocenters. The molecule has 1 heterocycles. The van der Waals surface area contributed by atoms with Crippen molar-refractivity contribution in [3.05, 3.63) is 0 Å². The summed E-state index contributed by atoms with van der Waals surface area (Å²) in [5, 5.41) is 0. The van der Waals surface area contributed by atoms with Crippen molar-refractivity contribution in [1.29, 1.82) is 0 Å². The normalized spacial score (nSPS) is 34.8. The molecule has 1 fully saturated rings. The Kier molecular flexibility index (Phi) is 3.86. The average molecular weight is 191 g/mol. The Balaban J connectivity index is 2.24. The molecule has 0 amide bonds. The van der Waals surface area contributed by atoms with Gasteiger partial charge in [0.1, 0.15) is 9.28 Å². The van der Waals surface area contributed by atoms with Gasteiger partial charge in [-0.15, -0.1) is 0 Å². The highest BCUT2D eigenvalue weighted by atomic mass is 29.5. The van der Waals surface area contributed by atoms with Crippen LogP contribution in [0.5, 0.6) is 0 Å². The SMILES string of the molecule is CCC(N)[SiH]1CCO[SiH2][SiH2]1. The van der Waals surface area contributed by atoms with Crippen LogP contribution in [0.25, 0.3) is 0 Å². The van der Waals surface area contributed by atoms with Crippen molar-refractivity contribution in [1.82, 2.24) is 0 Å². The van der Waals surface area contributed by atoms with E-state index in [0.29, 0.717) is 14.2 Å².